The third-order valence-corrected chi connectivity index (χ3v) is 2.90. The number of halogens is 2. The predicted octanol–water partition coefficient (Wildman–Crippen LogP) is 3.33. The maximum absolute atomic E-state index is 13.1. The SMILES string of the molecule is Fc1ccc(COc2ccc(-c3ccn[nH]3)nc2)cc1F. The second-order valence-electron chi connectivity index (χ2n) is 4.39. The molecular formula is C15H11F2N3O. The Morgan fingerprint density at radius 3 is 2.62 bits per heavy atom. The van der Waals surface area contributed by atoms with Crippen LogP contribution in [0.1, 0.15) is 5.56 Å². The van der Waals surface area contributed by atoms with Gasteiger partial charge in [-0.25, -0.2) is 8.78 Å². The van der Waals surface area contributed by atoms with E-state index >= 15 is 0 Å². The van der Waals surface area contributed by atoms with Crippen molar-refractivity contribution in [2.45, 2.75) is 6.61 Å². The summed E-state index contributed by atoms with van der Waals surface area (Å²) in [6.45, 7) is 0.141. The summed E-state index contributed by atoms with van der Waals surface area (Å²) in [6, 6.07) is 9.02. The molecular weight excluding hydrogens is 276 g/mol. The molecule has 3 aromatic rings. The van der Waals surface area contributed by atoms with Crippen molar-refractivity contribution in [1.82, 2.24) is 15.2 Å². The van der Waals surface area contributed by atoms with E-state index in [9.17, 15) is 8.78 Å². The number of aromatic nitrogens is 3. The molecule has 0 radical (unpaired) electrons. The molecule has 2 aromatic heterocycles. The minimum Gasteiger partial charge on any atom is -0.487 e. The Balaban J connectivity index is 1.66. The number of ether oxygens (including phenoxy) is 1. The lowest BCUT2D eigenvalue weighted by molar-refractivity contribution is 0.304. The van der Waals surface area contributed by atoms with E-state index in [4.69, 9.17) is 4.74 Å². The highest BCUT2D eigenvalue weighted by Gasteiger charge is 2.04. The fourth-order valence-corrected chi connectivity index (χ4v) is 1.82. The van der Waals surface area contributed by atoms with Crippen molar-refractivity contribution in [2.24, 2.45) is 0 Å². The second-order valence-corrected chi connectivity index (χ2v) is 4.39. The molecule has 4 nitrogen and oxygen atoms in total. The molecule has 0 spiro atoms. The van der Waals surface area contributed by atoms with Crippen LogP contribution in [0.3, 0.4) is 0 Å². The molecule has 0 aliphatic rings. The van der Waals surface area contributed by atoms with E-state index in [0.29, 0.717) is 11.3 Å². The van der Waals surface area contributed by atoms with Crippen LogP contribution in [0.15, 0.2) is 48.8 Å². The van der Waals surface area contributed by atoms with E-state index < -0.39 is 11.6 Å². The van der Waals surface area contributed by atoms with Gasteiger partial charge in [0.05, 0.1) is 17.6 Å². The molecule has 0 saturated heterocycles. The van der Waals surface area contributed by atoms with Crippen molar-refractivity contribution >= 4 is 0 Å². The zero-order valence-corrected chi connectivity index (χ0v) is 10.9. The van der Waals surface area contributed by atoms with Gasteiger partial charge in [-0.05, 0) is 35.9 Å². The summed E-state index contributed by atoms with van der Waals surface area (Å²) in [5, 5.41) is 6.66. The zero-order valence-electron chi connectivity index (χ0n) is 10.9. The van der Waals surface area contributed by atoms with Crippen molar-refractivity contribution in [3.63, 3.8) is 0 Å². The summed E-state index contributed by atoms with van der Waals surface area (Å²) in [5.41, 5.74) is 2.10. The van der Waals surface area contributed by atoms with Gasteiger partial charge in [0, 0.05) is 6.20 Å². The van der Waals surface area contributed by atoms with E-state index in [2.05, 4.69) is 15.2 Å². The first-order valence-electron chi connectivity index (χ1n) is 6.25. The molecule has 6 heteroatoms. The van der Waals surface area contributed by atoms with Crippen LogP contribution < -0.4 is 4.74 Å². The Labute approximate surface area is 119 Å². The summed E-state index contributed by atoms with van der Waals surface area (Å²) >= 11 is 0. The third-order valence-electron chi connectivity index (χ3n) is 2.90. The fourth-order valence-electron chi connectivity index (χ4n) is 1.82. The quantitative estimate of drug-likeness (QED) is 0.800. The Hall–Kier alpha value is -2.76. The first kappa shape index (κ1) is 13.2. The van der Waals surface area contributed by atoms with Crippen molar-refractivity contribution in [3.8, 4) is 17.1 Å². The van der Waals surface area contributed by atoms with Crippen LogP contribution in [-0.4, -0.2) is 15.2 Å². The van der Waals surface area contributed by atoms with Gasteiger partial charge < -0.3 is 4.74 Å². The molecule has 106 valence electrons. The van der Waals surface area contributed by atoms with Crippen LogP contribution in [0, 0.1) is 11.6 Å². The molecule has 0 aliphatic carbocycles. The van der Waals surface area contributed by atoms with Crippen molar-refractivity contribution in [1.29, 1.82) is 0 Å². The zero-order chi connectivity index (χ0) is 14.7. The van der Waals surface area contributed by atoms with Gasteiger partial charge >= 0.3 is 0 Å². The van der Waals surface area contributed by atoms with E-state index in [1.807, 2.05) is 6.07 Å². The number of hydrogen-bond donors (Lipinski definition) is 1. The molecule has 0 amide bonds. The predicted molar refractivity (Wildman–Crippen MR) is 72.5 cm³/mol. The molecule has 0 fully saturated rings. The third kappa shape index (κ3) is 3.05. The topological polar surface area (TPSA) is 50.8 Å². The number of H-pyrrole nitrogens is 1. The Bertz CT molecular complexity index is 727. The molecule has 3 rings (SSSR count). The monoisotopic (exact) mass is 287 g/mol. The summed E-state index contributed by atoms with van der Waals surface area (Å²) in [6.07, 6.45) is 3.21. The van der Waals surface area contributed by atoms with Gasteiger partial charge in [0.15, 0.2) is 11.6 Å². The maximum Gasteiger partial charge on any atom is 0.159 e. The van der Waals surface area contributed by atoms with Crippen LogP contribution in [-0.2, 0) is 6.61 Å². The number of benzene rings is 1. The average Bonchev–Trinajstić information content (AvgIpc) is 3.03. The summed E-state index contributed by atoms with van der Waals surface area (Å²) in [7, 11) is 0. The normalized spacial score (nSPS) is 10.6. The summed E-state index contributed by atoms with van der Waals surface area (Å²) in [4.78, 5) is 4.23. The molecule has 1 N–H and O–H groups in total. The lowest BCUT2D eigenvalue weighted by atomic mass is 10.2. The highest BCUT2D eigenvalue weighted by molar-refractivity contribution is 5.53. The molecule has 1 aromatic carbocycles. The van der Waals surface area contributed by atoms with Gasteiger partial charge in [0.25, 0.3) is 0 Å². The van der Waals surface area contributed by atoms with E-state index in [0.717, 1.165) is 23.5 Å². The Morgan fingerprint density at radius 2 is 1.95 bits per heavy atom. The number of nitrogens with one attached hydrogen (secondary N) is 1. The van der Waals surface area contributed by atoms with Crippen molar-refractivity contribution in [2.75, 3.05) is 0 Å². The maximum atomic E-state index is 13.1. The summed E-state index contributed by atoms with van der Waals surface area (Å²) in [5.74, 6) is -1.21. The van der Waals surface area contributed by atoms with E-state index in [1.165, 1.54) is 6.07 Å². The second kappa shape index (κ2) is 5.70. The minimum atomic E-state index is -0.885. The smallest absolute Gasteiger partial charge is 0.159 e. The number of rotatable bonds is 4. The van der Waals surface area contributed by atoms with Crippen LogP contribution in [0.2, 0.25) is 0 Å². The van der Waals surface area contributed by atoms with E-state index in [-0.39, 0.29) is 6.61 Å². The molecule has 2 heterocycles. The number of aromatic amines is 1. The van der Waals surface area contributed by atoms with Crippen LogP contribution in [0.5, 0.6) is 5.75 Å². The number of hydrogen-bond acceptors (Lipinski definition) is 3. The Kier molecular flexibility index (Phi) is 3.59. The van der Waals surface area contributed by atoms with Crippen molar-refractivity contribution < 1.29 is 13.5 Å². The van der Waals surface area contributed by atoms with Gasteiger partial charge in [-0.3, -0.25) is 10.1 Å². The van der Waals surface area contributed by atoms with Gasteiger partial charge in [-0.15, -0.1) is 0 Å². The van der Waals surface area contributed by atoms with Gasteiger partial charge in [0.2, 0.25) is 0 Å². The number of pyridine rings is 1. The standard InChI is InChI=1S/C15H11F2N3O/c16-12-3-1-10(7-13(12)17)9-21-11-2-4-14(18-8-11)15-5-6-19-20-15/h1-8H,9H2,(H,19,20). The van der Waals surface area contributed by atoms with Gasteiger partial charge in [-0.2, -0.15) is 5.10 Å². The average molecular weight is 287 g/mol. The van der Waals surface area contributed by atoms with Crippen LogP contribution in [0.25, 0.3) is 11.4 Å². The first-order chi connectivity index (χ1) is 10.2. The van der Waals surface area contributed by atoms with Gasteiger partial charge in [0.1, 0.15) is 12.4 Å². The number of nitrogens with zero attached hydrogens (tertiary/aromatic N) is 2. The molecule has 0 unspecified atom stereocenters. The van der Waals surface area contributed by atoms with Crippen LogP contribution in [0.4, 0.5) is 8.78 Å². The first-order valence-corrected chi connectivity index (χ1v) is 6.25. The molecule has 0 aliphatic heterocycles. The molecule has 0 bridgehead atoms. The molecule has 0 saturated carbocycles. The molecule has 0 atom stereocenters. The summed E-state index contributed by atoms with van der Waals surface area (Å²) < 4.78 is 31.4. The highest BCUT2D eigenvalue weighted by Crippen LogP contribution is 2.18. The highest BCUT2D eigenvalue weighted by atomic mass is 19.2. The van der Waals surface area contributed by atoms with E-state index in [1.54, 1.807) is 24.5 Å². The fraction of sp³-hybridized carbons (Fsp3) is 0.0667. The largest absolute Gasteiger partial charge is 0.487 e. The molecule has 21 heavy (non-hydrogen) atoms. The Morgan fingerprint density at radius 1 is 1.05 bits per heavy atom. The van der Waals surface area contributed by atoms with Crippen LogP contribution >= 0.6 is 0 Å². The lowest BCUT2D eigenvalue weighted by Crippen LogP contribution is -1.97. The lowest BCUT2D eigenvalue weighted by Gasteiger charge is -2.06. The van der Waals surface area contributed by atoms with Gasteiger partial charge in [-0.1, -0.05) is 6.07 Å². The minimum absolute atomic E-state index is 0.141. The van der Waals surface area contributed by atoms with Crippen molar-refractivity contribution in [3.05, 3.63) is 66.0 Å².